The summed E-state index contributed by atoms with van der Waals surface area (Å²) in [5, 5.41) is 13.6. The lowest BCUT2D eigenvalue weighted by atomic mass is 10.1. The molecule has 0 amide bonds. The van der Waals surface area contributed by atoms with E-state index in [0.29, 0.717) is 12.6 Å². The second-order valence-electron chi connectivity index (χ2n) is 5.11. The molecule has 0 aromatic heterocycles. The van der Waals surface area contributed by atoms with E-state index >= 15 is 0 Å². The minimum absolute atomic E-state index is 0.0904. The molecule has 21 heavy (non-hydrogen) atoms. The van der Waals surface area contributed by atoms with E-state index in [1.165, 1.54) is 0 Å². The topological polar surface area (TPSA) is 64.4 Å². The fourth-order valence-electron chi connectivity index (χ4n) is 2.38. The molecular weight excluding hydrogens is 282 g/mol. The zero-order valence-electron chi connectivity index (χ0n) is 11.6. The van der Waals surface area contributed by atoms with Crippen molar-refractivity contribution >= 4 is 5.69 Å². The van der Waals surface area contributed by atoms with Crippen LogP contribution in [0.15, 0.2) is 12.1 Å². The standard InChI is InChI=1S/C14H18F2N2O3/c15-12-8-13(16)14(18(19)20)7-10(12)9-17-5-4-11-3-1-2-6-21-11/h7-8,11,17H,1-6,9H2. The molecule has 1 unspecified atom stereocenters. The van der Waals surface area contributed by atoms with Crippen LogP contribution < -0.4 is 5.32 Å². The van der Waals surface area contributed by atoms with E-state index in [2.05, 4.69) is 5.32 Å². The van der Waals surface area contributed by atoms with Crippen LogP contribution in [0, 0.1) is 21.7 Å². The largest absolute Gasteiger partial charge is 0.378 e. The Labute approximate surface area is 121 Å². The highest BCUT2D eigenvalue weighted by atomic mass is 19.1. The summed E-state index contributed by atoms with van der Waals surface area (Å²) in [6, 6.07) is 1.49. The Kier molecular flexibility index (Phi) is 5.58. The van der Waals surface area contributed by atoms with Crippen LogP contribution in [0.3, 0.4) is 0 Å². The summed E-state index contributed by atoms with van der Waals surface area (Å²) in [4.78, 5) is 9.77. The van der Waals surface area contributed by atoms with Gasteiger partial charge in [0.1, 0.15) is 5.82 Å². The molecule has 7 heteroatoms. The fourth-order valence-corrected chi connectivity index (χ4v) is 2.38. The van der Waals surface area contributed by atoms with Gasteiger partial charge in [-0.25, -0.2) is 4.39 Å². The number of ether oxygens (including phenoxy) is 1. The van der Waals surface area contributed by atoms with Gasteiger partial charge in [0.2, 0.25) is 5.82 Å². The molecule has 5 nitrogen and oxygen atoms in total. The van der Waals surface area contributed by atoms with Gasteiger partial charge in [0.05, 0.1) is 11.0 Å². The van der Waals surface area contributed by atoms with Crippen molar-refractivity contribution in [3.8, 4) is 0 Å². The van der Waals surface area contributed by atoms with Crippen LogP contribution >= 0.6 is 0 Å². The summed E-state index contributed by atoms with van der Waals surface area (Å²) in [5.74, 6) is -1.93. The van der Waals surface area contributed by atoms with E-state index < -0.39 is 22.2 Å². The predicted octanol–water partition coefficient (Wildman–Crippen LogP) is 2.92. The highest BCUT2D eigenvalue weighted by Gasteiger charge is 2.18. The monoisotopic (exact) mass is 300 g/mol. The van der Waals surface area contributed by atoms with Gasteiger partial charge in [-0.15, -0.1) is 0 Å². The number of benzene rings is 1. The first-order chi connectivity index (χ1) is 10.1. The summed E-state index contributed by atoms with van der Waals surface area (Å²) < 4.78 is 32.3. The van der Waals surface area contributed by atoms with E-state index in [9.17, 15) is 18.9 Å². The van der Waals surface area contributed by atoms with E-state index in [0.717, 1.165) is 38.4 Å². The first-order valence-electron chi connectivity index (χ1n) is 7.02. The average molecular weight is 300 g/mol. The van der Waals surface area contributed by atoms with Crippen LogP contribution in [0.1, 0.15) is 31.2 Å². The summed E-state index contributed by atoms with van der Waals surface area (Å²) in [6.07, 6.45) is 4.31. The van der Waals surface area contributed by atoms with Crippen molar-refractivity contribution < 1.29 is 18.4 Å². The molecule has 1 N–H and O–H groups in total. The Morgan fingerprint density at radius 1 is 1.33 bits per heavy atom. The highest BCUT2D eigenvalue weighted by Crippen LogP contribution is 2.21. The SMILES string of the molecule is O=[N+]([O-])c1cc(CNCCC2CCCCO2)c(F)cc1F. The van der Waals surface area contributed by atoms with Crippen molar-refractivity contribution in [2.45, 2.75) is 38.3 Å². The fraction of sp³-hybridized carbons (Fsp3) is 0.571. The minimum Gasteiger partial charge on any atom is -0.378 e. The lowest BCUT2D eigenvalue weighted by molar-refractivity contribution is -0.387. The van der Waals surface area contributed by atoms with Crippen LogP contribution in [0.2, 0.25) is 0 Å². The molecule has 1 aliphatic heterocycles. The quantitative estimate of drug-likeness (QED) is 0.498. The molecule has 1 fully saturated rings. The summed E-state index contributed by atoms with van der Waals surface area (Å²) in [5.41, 5.74) is -0.614. The Balaban J connectivity index is 1.85. The van der Waals surface area contributed by atoms with Crippen LogP contribution in [-0.4, -0.2) is 24.2 Å². The zero-order valence-corrected chi connectivity index (χ0v) is 11.6. The van der Waals surface area contributed by atoms with E-state index in [1.54, 1.807) is 0 Å². The smallest absolute Gasteiger partial charge is 0.305 e. The number of rotatable bonds is 6. The molecule has 0 aliphatic carbocycles. The van der Waals surface area contributed by atoms with Gasteiger partial charge in [0, 0.05) is 30.8 Å². The third kappa shape index (κ3) is 4.44. The molecule has 1 heterocycles. The van der Waals surface area contributed by atoms with Gasteiger partial charge in [-0.1, -0.05) is 0 Å². The number of hydrogen-bond acceptors (Lipinski definition) is 4. The van der Waals surface area contributed by atoms with E-state index in [1.807, 2.05) is 0 Å². The van der Waals surface area contributed by atoms with Crippen LogP contribution in [0.25, 0.3) is 0 Å². The number of nitrogens with zero attached hydrogens (tertiary/aromatic N) is 1. The summed E-state index contributed by atoms with van der Waals surface area (Å²) in [7, 11) is 0. The second-order valence-corrected chi connectivity index (χ2v) is 5.11. The maximum Gasteiger partial charge on any atom is 0.305 e. The molecule has 0 radical (unpaired) electrons. The number of nitro benzene ring substituents is 1. The zero-order chi connectivity index (χ0) is 15.2. The predicted molar refractivity (Wildman–Crippen MR) is 72.9 cm³/mol. The van der Waals surface area contributed by atoms with Gasteiger partial charge in [-0.05, 0) is 32.2 Å². The Hall–Kier alpha value is -1.60. The first kappa shape index (κ1) is 15.8. The van der Waals surface area contributed by atoms with Crippen molar-refractivity contribution in [1.82, 2.24) is 5.32 Å². The lowest BCUT2D eigenvalue weighted by Gasteiger charge is -2.22. The van der Waals surface area contributed by atoms with Crippen molar-refractivity contribution in [3.05, 3.63) is 39.4 Å². The van der Waals surface area contributed by atoms with Gasteiger partial charge >= 0.3 is 5.69 Å². The van der Waals surface area contributed by atoms with Crippen LogP contribution in [0.5, 0.6) is 0 Å². The molecule has 0 spiro atoms. The molecule has 0 saturated carbocycles. The minimum atomic E-state index is -1.16. The molecule has 0 bridgehead atoms. The highest BCUT2D eigenvalue weighted by molar-refractivity contribution is 5.37. The molecule has 1 atom stereocenters. The summed E-state index contributed by atoms with van der Waals surface area (Å²) >= 11 is 0. The molecule has 1 aromatic carbocycles. The van der Waals surface area contributed by atoms with Gasteiger partial charge < -0.3 is 10.1 Å². The maximum atomic E-state index is 13.5. The number of nitrogens with one attached hydrogen (secondary N) is 1. The molecular formula is C14H18F2N2O3. The van der Waals surface area contributed by atoms with Gasteiger partial charge in [-0.3, -0.25) is 10.1 Å². The Morgan fingerprint density at radius 3 is 2.81 bits per heavy atom. The number of halogens is 2. The van der Waals surface area contributed by atoms with Crippen LogP contribution in [-0.2, 0) is 11.3 Å². The second kappa shape index (κ2) is 7.42. The van der Waals surface area contributed by atoms with Gasteiger partial charge in [0.25, 0.3) is 0 Å². The molecule has 1 saturated heterocycles. The third-order valence-electron chi connectivity index (χ3n) is 3.55. The normalized spacial score (nSPS) is 18.7. The van der Waals surface area contributed by atoms with E-state index in [4.69, 9.17) is 4.74 Å². The van der Waals surface area contributed by atoms with Crippen molar-refractivity contribution in [2.24, 2.45) is 0 Å². The van der Waals surface area contributed by atoms with Gasteiger partial charge in [-0.2, -0.15) is 4.39 Å². The first-order valence-corrected chi connectivity index (χ1v) is 7.02. The molecule has 2 rings (SSSR count). The Morgan fingerprint density at radius 2 is 2.14 bits per heavy atom. The molecule has 1 aromatic rings. The van der Waals surface area contributed by atoms with E-state index in [-0.39, 0.29) is 18.2 Å². The number of hydrogen-bond donors (Lipinski definition) is 1. The van der Waals surface area contributed by atoms with Gasteiger partial charge in [0.15, 0.2) is 0 Å². The molecule has 116 valence electrons. The maximum absolute atomic E-state index is 13.5. The van der Waals surface area contributed by atoms with Crippen LogP contribution in [0.4, 0.5) is 14.5 Å². The molecule has 1 aliphatic rings. The van der Waals surface area contributed by atoms with Crippen molar-refractivity contribution in [3.63, 3.8) is 0 Å². The average Bonchev–Trinajstić information content (AvgIpc) is 2.46. The lowest BCUT2D eigenvalue weighted by Crippen LogP contribution is -2.25. The Bertz CT molecular complexity index is 505. The summed E-state index contributed by atoms with van der Waals surface area (Å²) in [6.45, 7) is 1.53. The van der Waals surface area contributed by atoms with Crippen molar-refractivity contribution in [2.75, 3.05) is 13.2 Å². The third-order valence-corrected chi connectivity index (χ3v) is 3.55. The van der Waals surface area contributed by atoms with Crippen molar-refractivity contribution in [1.29, 1.82) is 0 Å². The number of nitro groups is 1.